The summed E-state index contributed by atoms with van der Waals surface area (Å²) in [5.74, 6) is -0.108. The van der Waals surface area contributed by atoms with Crippen molar-refractivity contribution >= 4 is 11.8 Å². The van der Waals surface area contributed by atoms with Gasteiger partial charge < -0.3 is 10.6 Å². The van der Waals surface area contributed by atoms with Crippen LogP contribution in [0, 0.1) is 5.92 Å². The van der Waals surface area contributed by atoms with E-state index >= 15 is 0 Å². The molecule has 2 N–H and O–H groups in total. The zero-order chi connectivity index (χ0) is 16.1. The normalized spacial score (nSPS) is 17.6. The molecule has 0 saturated carbocycles. The lowest BCUT2D eigenvalue weighted by molar-refractivity contribution is -0.129. The number of rotatable bonds is 5. The SMILES string of the molecule is O=C1CC[C@H](C(=O)NCc2ccccc2Cn2cccn2)CN1. The molecule has 1 saturated heterocycles. The van der Waals surface area contributed by atoms with E-state index in [9.17, 15) is 9.59 Å². The predicted molar refractivity (Wildman–Crippen MR) is 85.4 cm³/mol. The number of benzene rings is 1. The Morgan fingerprint density at radius 1 is 1.30 bits per heavy atom. The molecule has 0 aliphatic carbocycles. The first-order valence-electron chi connectivity index (χ1n) is 7.81. The lowest BCUT2D eigenvalue weighted by Gasteiger charge is -2.22. The van der Waals surface area contributed by atoms with Gasteiger partial charge in [0.1, 0.15) is 0 Å². The molecule has 1 aliphatic heterocycles. The van der Waals surface area contributed by atoms with Gasteiger partial charge >= 0.3 is 0 Å². The molecule has 2 aromatic rings. The summed E-state index contributed by atoms with van der Waals surface area (Å²) in [5.41, 5.74) is 2.21. The minimum absolute atomic E-state index is 0.00103. The standard InChI is InChI=1S/C17H20N4O2/c22-16-7-6-14(11-18-16)17(23)19-10-13-4-1-2-5-15(13)12-21-9-3-8-20-21/h1-5,8-9,14H,6-7,10-12H2,(H,18,22)(H,19,23)/t14-/m0/s1. The van der Waals surface area contributed by atoms with Crippen molar-refractivity contribution in [3.63, 3.8) is 0 Å². The number of amides is 2. The summed E-state index contributed by atoms with van der Waals surface area (Å²) in [5, 5.41) is 9.94. The van der Waals surface area contributed by atoms with E-state index in [-0.39, 0.29) is 17.7 Å². The molecule has 1 fully saturated rings. The molecule has 23 heavy (non-hydrogen) atoms. The Kier molecular flexibility index (Phi) is 4.71. The Hall–Kier alpha value is -2.63. The molecule has 1 atom stereocenters. The van der Waals surface area contributed by atoms with Gasteiger partial charge in [-0.25, -0.2) is 0 Å². The summed E-state index contributed by atoms with van der Waals surface area (Å²) >= 11 is 0. The number of piperidine rings is 1. The third kappa shape index (κ3) is 3.97. The van der Waals surface area contributed by atoms with Crippen LogP contribution >= 0.6 is 0 Å². The summed E-state index contributed by atoms with van der Waals surface area (Å²) in [7, 11) is 0. The van der Waals surface area contributed by atoms with E-state index in [4.69, 9.17) is 0 Å². The molecule has 0 bridgehead atoms. The number of carbonyl (C=O) groups excluding carboxylic acids is 2. The minimum Gasteiger partial charge on any atom is -0.355 e. The second kappa shape index (κ2) is 7.09. The van der Waals surface area contributed by atoms with Crippen molar-refractivity contribution in [2.75, 3.05) is 6.54 Å². The fourth-order valence-electron chi connectivity index (χ4n) is 2.74. The first kappa shape index (κ1) is 15.3. The van der Waals surface area contributed by atoms with Crippen molar-refractivity contribution in [1.29, 1.82) is 0 Å². The van der Waals surface area contributed by atoms with Crippen molar-refractivity contribution < 1.29 is 9.59 Å². The van der Waals surface area contributed by atoms with E-state index in [0.29, 0.717) is 32.5 Å². The lowest BCUT2D eigenvalue weighted by Crippen LogP contribution is -2.42. The van der Waals surface area contributed by atoms with Crippen LogP contribution in [-0.2, 0) is 22.7 Å². The Balaban J connectivity index is 1.59. The summed E-state index contributed by atoms with van der Waals surface area (Å²) in [6.07, 6.45) is 4.71. The third-order valence-electron chi connectivity index (χ3n) is 4.10. The smallest absolute Gasteiger partial charge is 0.225 e. The van der Waals surface area contributed by atoms with Crippen molar-refractivity contribution in [3.05, 3.63) is 53.9 Å². The summed E-state index contributed by atoms with van der Waals surface area (Å²) in [6.45, 7) is 1.60. The number of hydrogen-bond donors (Lipinski definition) is 2. The minimum atomic E-state index is -0.133. The molecule has 2 amide bonds. The molecule has 120 valence electrons. The monoisotopic (exact) mass is 312 g/mol. The lowest BCUT2D eigenvalue weighted by atomic mass is 9.98. The van der Waals surface area contributed by atoms with Gasteiger partial charge in [-0.15, -0.1) is 0 Å². The first-order chi connectivity index (χ1) is 11.2. The van der Waals surface area contributed by atoms with E-state index < -0.39 is 0 Å². The van der Waals surface area contributed by atoms with Crippen LogP contribution in [-0.4, -0.2) is 28.1 Å². The number of aromatic nitrogens is 2. The Bertz CT molecular complexity index is 672. The summed E-state index contributed by atoms with van der Waals surface area (Å²) in [6, 6.07) is 9.91. The first-order valence-corrected chi connectivity index (χ1v) is 7.81. The quantitative estimate of drug-likeness (QED) is 0.867. The van der Waals surface area contributed by atoms with E-state index in [1.165, 1.54) is 0 Å². The van der Waals surface area contributed by atoms with Gasteiger partial charge in [-0.1, -0.05) is 24.3 Å². The van der Waals surface area contributed by atoms with Crippen LogP contribution in [0.4, 0.5) is 0 Å². The average Bonchev–Trinajstić information content (AvgIpc) is 3.07. The van der Waals surface area contributed by atoms with Crippen molar-refractivity contribution in [1.82, 2.24) is 20.4 Å². The highest BCUT2D eigenvalue weighted by Crippen LogP contribution is 2.13. The van der Waals surface area contributed by atoms with E-state index in [1.54, 1.807) is 6.20 Å². The highest BCUT2D eigenvalue weighted by molar-refractivity contribution is 5.83. The fourth-order valence-corrected chi connectivity index (χ4v) is 2.74. The molecule has 1 aliphatic rings. The topological polar surface area (TPSA) is 76.0 Å². The second-order valence-corrected chi connectivity index (χ2v) is 5.73. The predicted octanol–water partition coefficient (Wildman–Crippen LogP) is 1.07. The van der Waals surface area contributed by atoms with Crippen LogP contribution in [0.15, 0.2) is 42.7 Å². The van der Waals surface area contributed by atoms with Gasteiger partial charge in [0.25, 0.3) is 0 Å². The molecule has 6 nitrogen and oxygen atoms in total. The molecular formula is C17H20N4O2. The van der Waals surface area contributed by atoms with Gasteiger partial charge in [0.15, 0.2) is 0 Å². The zero-order valence-corrected chi connectivity index (χ0v) is 12.9. The Morgan fingerprint density at radius 2 is 2.13 bits per heavy atom. The van der Waals surface area contributed by atoms with Crippen LogP contribution < -0.4 is 10.6 Å². The van der Waals surface area contributed by atoms with Crippen molar-refractivity contribution in [2.24, 2.45) is 5.92 Å². The molecular weight excluding hydrogens is 292 g/mol. The van der Waals surface area contributed by atoms with Crippen LogP contribution in [0.3, 0.4) is 0 Å². The van der Waals surface area contributed by atoms with E-state index in [2.05, 4.69) is 15.7 Å². The van der Waals surface area contributed by atoms with Crippen LogP contribution in [0.2, 0.25) is 0 Å². The molecule has 2 heterocycles. The van der Waals surface area contributed by atoms with Gasteiger partial charge in [0.05, 0.1) is 12.5 Å². The van der Waals surface area contributed by atoms with Gasteiger partial charge in [-0.3, -0.25) is 14.3 Å². The molecule has 3 rings (SSSR count). The molecule has 1 aromatic heterocycles. The maximum absolute atomic E-state index is 12.2. The maximum atomic E-state index is 12.2. The van der Waals surface area contributed by atoms with Crippen molar-refractivity contribution in [2.45, 2.75) is 25.9 Å². The fraction of sp³-hybridized carbons (Fsp3) is 0.353. The Labute approximate surface area is 134 Å². The van der Waals surface area contributed by atoms with Gasteiger partial charge in [-0.05, 0) is 23.6 Å². The molecule has 1 aromatic carbocycles. The van der Waals surface area contributed by atoms with Crippen molar-refractivity contribution in [3.8, 4) is 0 Å². The van der Waals surface area contributed by atoms with Crippen LogP contribution in [0.25, 0.3) is 0 Å². The third-order valence-corrected chi connectivity index (χ3v) is 4.10. The molecule has 0 radical (unpaired) electrons. The van der Waals surface area contributed by atoms with Crippen LogP contribution in [0.5, 0.6) is 0 Å². The zero-order valence-electron chi connectivity index (χ0n) is 12.9. The molecule has 6 heteroatoms. The average molecular weight is 312 g/mol. The largest absolute Gasteiger partial charge is 0.355 e. The highest BCUT2D eigenvalue weighted by atomic mass is 16.2. The Morgan fingerprint density at radius 3 is 2.83 bits per heavy atom. The molecule has 0 unspecified atom stereocenters. The summed E-state index contributed by atoms with van der Waals surface area (Å²) < 4.78 is 1.86. The summed E-state index contributed by atoms with van der Waals surface area (Å²) in [4.78, 5) is 23.4. The maximum Gasteiger partial charge on any atom is 0.225 e. The van der Waals surface area contributed by atoms with E-state index in [1.807, 2.05) is 41.2 Å². The number of carbonyl (C=O) groups is 2. The number of hydrogen-bond acceptors (Lipinski definition) is 3. The number of nitrogens with zero attached hydrogens (tertiary/aromatic N) is 2. The highest BCUT2D eigenvalue weighted by Gasteiger charge is 2.24. The van der Waals surface area contributed by atoms with Gasteiger partial charge in [0.2, 0.25) is 11.8 Å². The second-order valence-electron chi connectivity index (χ2n) is 5.73. The van der Waals surface area contributed by atoms with Crippen LogP contribution in [0.1, 0.15) is 24.0 Å². The van der Waals surface area contributed by atoms with Gasteiger partial charge in [0, 0.05) is 31.9 Å². The van der Waals surface area contributed by atoms with Gasteiger partial charge in [-0.2, -0.15) is 5.10 Å². The number of nitrogens with one attached hydrogen (secondary N) is 2. The van der Waals surface area contributed by atoms with E-state index in [0.717, 1.165) is 11.1 Å². The molecule has 0 spiro atoms.